The van der Waals surface area contributed by atoms with Gasteiger partial charge in [-0.3, -0.25) is 14.5 Å². The van der Waals surface area contributed by atoms with E-state index < -0.39 is 0 Å². The van der Waals surface area contributed by atoms with E-state index in [9.17, 15) is 9.59 Å². The summed E-state index contributed by atoms with van der Waals surface area (Å²) in [6.45, 7) is 4.19. The molecule has 1 aliphatic rings. The number of furan rings is 1. The van der Waals surface area contributed by atoms with Crippen LogP contribution in [0.5, 0.6) is 0 Å². The highest BCUT2D eigenvalue weighted by Gasteiger charge is 2.23. The predicted molar refractivity (Wildman–Crippen MR) is 94.8 cm³/mol. The summed E-state index contributed by atoms with van der Waals surface area (Å²) in [5.41, 5.74) is 0.596. The Hall–Kier alpha value is -2.31. The van der Waals surface area contributed by atoms with Gasteiger partial charge in [0, 0.05) is 49.9 Å². The van der Waals surface area contributed by atoms with Crippen molar-refractivity contribution in [2.75, 3.05) is 39.3 Å². The van der Waals surface area contributed by atoms with Crippen LogP contribution in [0.4, 0.5) is 0 Å². The third kappa shape index (κ3) is 4.61. The molecular formula is C18H20ClN3O3. The molecule has 0 spiro atoms. The first-order valence-electron chi connectivity index (χ1n) is 8.22. The molecule has 3 rings (SSSR count). The van der Waals surface area contributed by atoms with Gasteiger partial charge in [-0.05, 0) is 36.4 Å². The molecule has 0 aliphatic carbocycles. The van der Waals surface area contributed by atoms with Gasteiger partial charge in [0.05, 0.1) is 6.26 Å². The van der Waals surface area contributed by atoms with Crippen molar-refractivity contribution in [2.45, 2.75) is 0 Å². The first kappa shape index (κ1) is 17.5. The molecule has 1 N–H and O–H groups in total. The maximum Gasteiger partial charge on any atom is 0.289 e. The molecule has 1 aromatic carbocycles. The lowest BCUT2D eigenvalue weighted by atomic mass is 10.2. The fourth-order valence-corrected chi connectivity index (χ4v) is 2.89. The van der Waals surface area contributed by atoms with E-state index >= 15 is 0 Å². The molecule has 1 aliphatic heterocycles. The van der Waals surface area contributed by atoms with Gasteiger partial charge in [0.2, 0.25) is 0 Å². The van der Waals surface area contributed by atoms with Crippen molar-refractivity contribution < 1.29 is 14.0 Å². The first-order valence-corrected chi connectivity index (χ1v) is 8.60. The number of carbonyl (C=O) groups is 2. The van der Waals surface area contributed by atoms with Gasteiger partial charge < -0.3 is 14.6 Å². The van der Waals surface area contributed by atoms with Crippen LogP contribution in [-0.2, 0) is 0 Å². The lowest BCUT2D eigenvalue weighted by molar-refractivity contribution is 0.0607. The summed E-state index contributed by atoms with van der Waals surface area (Å²) in [6, 6.07) is 10.2. The number of nitrogens with zero attached hydrogens (tertiary/aromatic N) is 2. The van der Waals surface area contributed by atoms with E-state index in [1.165, 1.54) is 6.26 Å². The van der Waals surface area contributed by atoms with E-state index in [4.69, 9.17) is 16.0 Å². The second kappa shape index (κ2) is 8.18. The molecule has 1 saturated heterocycles. The number of nitrogens with one attached hydrogen (secondary N) is 1. The molecule has 0 bridgehead atoms. The number of hydrogen-bond donors (Lipinski definition) is 1. The molecule has 1 fully saturated rings. The Kier molecular flexibility index (Phi) is 5.73. The van der Waals surface area contributed by atoms with Crippen LogP contribution in [0, 0.1) is 0 Å². The molecule has 6 nitrogen and oxygen atoms in total. The van der Waals surface area contributed by atoms with Gasteiger partial charge in [-0.15, -0.1) is 0 Å². The van der Waals surface area contributed by atoms with Crippen LogP contribution in [0.3, 0.4) is 0 Å². The molecule has 0 atom stereocenters. The molecule has 7 heteroatoms. The highest BCUT2D eigenvalue weighted by molar-refractivity contribution is 6.30. The third-order valence-electron chi connectivity index (χ3n) is 4.21. The van der Waals surface area contributed by atoms with E-state index in [2.05, 4.69) is 10.2 Å². The summed E-state index contributed by atoms with van der Waals surface area (Å²) in [7, 11) is 0. The van der Waals surface area contributed by atoms with Crippen LogP contribution in [0.25, 0.3) is 0 Å². The zero-order valence-corrected chi connectivity index (χ0v) is 14.5. The highest BCUT2D eigenvalue weighted by atomic mass is 35.5. The zero-order chi connectivity index (χ0) is 17.6. The van der Waals surface area contributed by atoms with Crippen molar-refractivity contribution in [2.24, 2.45) is 0 Å². The van der Waals surface area contributed by atoms with Gasteiger partial charge in [-0.25, -0.2) is 0 Å². The minimum absolute atomic E-state index is 0.0688. The molecule has 2 aromatic rings. The van der Waals surface area contributed by atoms with Gasteiger partial charge in [0.1, 0.15) is 0 Å². The van der Waals surface area contributed by atoms with Crippen LogP contribution >= 0.6 is 11.6 Å². The number of piperazine rings is 1. The summed E-state index contributed by atoms with van der Waals surface area (Å²) < 4.78 is 5.16. The van der Waals surface area contributed by atoms with Crippen molar-refractivity contribution in [3.63, 3.8) is 0 Å². The normalized spacial score (nSPS) is 15.2. The SMILES string of the molecule is O=C(NCCN1CCN(C(=O)c2ccco2)CC1)c1ccc(Cl)cc1. The third-order valence-corrected chi connectivity index (χ3v) is 4.46. The van der Waals surface area contributed by atoms with Crippen molar-refractivity contribution in [3.05, 3.63) is 59.0 Å². The number of rotatable bonds is 5. The molecule has 0 saturated carbocycles. The fourth-order valence-electron chi connectivity index (χ4n) is 2.76. The number of halogens is 1. The van der Waals surface area contributed by atoms with Gasteiger partial charge in [-0.2, -0.15) is 0 Å². The summed E-state index contributed by atoms with van der Waals surface area (Å²) in [5.74, 6) is 0.202. The van der Waals surface area contributed by atoms with E-state index in [0.717, 1.165) is 19.6 Å². The second-order valence-electron chi connectivity index (χ2n) is 5.87. The molecule has 1 aromatic heterocycles. The minimum Gasteiger partial charge on any atom is -0.459 e. The van der Waals surface area contributed by atoms with Crippen LogP contribution in [0.2, 0.25) is 5.02 Å². The lowest BCUT2D eigenvalue weighted by Gasteiger charge is -2.34. The number of benzene rings is 1. The smallest absolute Gasteiger partial charge is 0.289 e. The largest absolute Gasteiger partial charge is 0.459 e. The van der Waals surface area contributed by atoms with Crippen molar-refractivity contribution in [1.82, 2.24) is 15.1 Å². The summed E-state index contributed by atoms with van der Waals surface area (Å²) >= 11 is 5.82. The topological polar surface area (TPSA) is 65.8 Å². The van der Waals surface area contributed by atoms with Crippen LogP contribution in [0.1, 0.15) is 20.9 Å². The molecule has 2 heterocycles. The maximum atomic E-state index is 12.2. The average molecular weight is 362 g/mol. The van der Waals surface area contributed by atoms with Crippen molar-refractivity contribution in [3.8, 4) is 0 Å². The fraction of sp³-hybridized carbons (Fsp3) is 0.333. The summed E-state index contributed by atoms with van der Waals surface area (Å²) in [4.78, 5) is 28.3. The Morgan fingerprint density at radius 1 is 1.08 bits per heavy atom. The van der Waals surface area contributed by atoms with Crippen LogP contribution in [-0.4, -0.2) is 60.9 Å². The Morgan fingerprint density at radius 3 is 2.44 bits per heavy atom. The van der Waals surface area contributed by atoms with E-state index in [1.54, 1.807) is 41.3 Å². The molecule has 132 valence electrons. The van der Waals surface area contributed by atoms with Gasteiger partial charge in [0.15, 0.2) is 5.76 Å². The Morgan fingerprint density at radius 2 is 1.80 bits per heavy atom. The lowest BCUT2D eigenvalue weighted by Crippen LogP contribution is -2.50. The van der Waals surface area contributed by atoms with Gasteiger partial charge in [0.25, 0.3) is 11.8 Å². The van der Waals surface area contributed by atoms with Gasteiger partial charge in [-0.1, -0.05) is 11.6 Å². The standard InChI is InChI=1S/C18H20ClN3O3/c19-15-5-3-14(4-6-15)17(23)20-7-8-21-9-11-22(12-10-21)18(24)16-2-1-13-25-16/h1-6,13H,7-12H2,(H,20,23). The Bertz CT molecular complexity index is 708. The van der Waals surface area contributed by atoms with E-state index in [-0.39, 0.29) is 11.8 Å². The highest BCUT2D eigenvalue weighted by Crippen LogP contribution is 2.10. The van der Waals surface area contributed by atoms with E-state index in [0.29, 0.717) is 36.0 Å². The molecule has 0 unspecified atom stereocenters. The van der Waals surface area contributed by atoms with E-state index in [1.807, 2.05) is 0 Å². The molecular weight excluding hydrogens is 342 g/mol. The summed E-state index contributed by atoms with van der Waals surface area (Å²) in [5, 5.41) is 3.51. The maximum absolute atomic E-state index is 12.2. The number of hydrogen-bond acceptors (Lipinski definition) is 4. The van der Waals surface area contributed by atoms with Crippen molar-refractivity contribution in [1.29, 1.82) is 0 Å². The number of carbonyl (C=O) groups excluding carboxylic acids is 2. The first-order chi connectivity index (χ1) is 12.1. The van der Waals surface area contributed by atoms with Crippen LogP contribution in [0.15, 0.2) is 47.1 Å². The average Bonchev–Trinajstić information content (AvgIpc) is 3.17. The van der Waals surface area contributed by atoms with Crippen molar-refractivity contribution >= 4 is 23.4 Å². The van der Waals surface area contributed by atoms with Gasteiger partial charge >= 0.3 is 0 Å². The zero-order valence-electron chi connectivity index (χ0n) is 13.8. The quantitative estimate of drug-likeness (QED) is 0.886. The minimum atomic E-state index is -0.108. The molecule has 2 amide bonds. The molecule has 25 heavy (non-hydrogen) atoms. The van der Waals surface area contributed by atoms with Crippen LogP contribution < -0.4 is 5.32 Å². The monoisotopic (exact) mass is 361 g/mol. The summed E-state index contributed by atoms with van der Waals surface area (Å²) in [6.07, 6.45) is 1.51. The predicted octanol–water partition coefficient (Wildman–Crippen LogP) is 2.12. The Balaban J connectivity index is 1.38. The number of amides is 2. The molecule has 0 radical (unpaired) electrons. The Labute approximate surface area is 151 Å². The second-order valence-corrected chi connectivity index (χ2v) is 6.31.